The Labute approximate surface area is 155 Å². The number of amides is 1. The third kappa shape index (κ3) is 3.72. The highest BCUT2D eigenvalue weighted by Gasteiger charge is 2.15. The number of ether oxygens (including phenoxy) is 3. The number of benzene rings is 2. The van der Waals surface area contributed by atoms with Crippen LogP contribution in [0.1, 0.15) is 15.9 Å². The second-order valence-corrected chi connectivity index (χ2v) is 5.81. The van der Waals surface area contributed by atoms with Crippen molar-refractivity contribution in [3.8, 4) is 17.2 Å². The third-order valence-corrected chi connectivity index (χ3v) is 4.17. The van der Waals surface area contributed by atoms with E-state index in [4.69, 9.17) is 14.2 Å². The fraction of sp³-hybridized carbons (Fsp3) is 0.200. The Hall–Kier alpha value is -3.48. The fourth-order valence-corrected chi connectivity index (χ4v) is 2.91. The van der Waals surface area contributed by atoms with Gasteiger partial charge in [-0.2, -0.15) is 0 Å². The zero-order valence-corrected chi connectivity index (χ0v) is 15.3. The first-order valence-corrected chi connectivity index (χ1v) is 8.26. The molecular formula is C20H20N2O5. The molecule has 1 amide bonds. The summed E-state index contributed by atoms with van der Waals surface area (Å²) in [6.45, 7) is 0.233. The lowest BCUT2D eigenvalue weighted by molar-refractivity contribution is 0.0952. The molecule has 0 saturated carbocycles. The Morgan fingerprint density at radius 3 is 2.30 bits per heavy atom. The van der Waals surface area contributed by atoms with Crippen LogP contribution in [0.15, 0.2) is 47.3 Å². The molecule has 140 valence electrons. The molecule has 0 bridgehead atoms. The molecule has 27 heavy (non-hydrogen) atoms. The summed E-state index contributed by atoms with van der Waals surface area (Å²) in [7, 11) is 4.59. The first-order valence-electron chi connectivity index (χ1n) is 8.26. The van der Waals surface area contributed by atoms with Gasteiger partial charge in [0.1, 0.15) is 0 Å². The van der Waals surface area contributed by atoms with Crippen LogP contribution >= 0.6 is 0 Å². The van der Waals surface area contributed by atoms with Crippen molar-refractivity contribution in [3.05, 3.63) is 63.9 Å². The van der Waals surface area contributed by atoms with Crippen LogP contribution in [0.4, 0.5) is 0 Å². The molecule has 0 atom stereocenters. The Kier molecular flexibility index (Phi) is 5.30. The Morgan fingerprint density at radius 1 is 1.00 bits per heavy atom. The molecule has 0 saturated heterocycles. The number of carbonyl (C=O) groups is 1. The van der Waals surface area contributed by atoms with Crippen LogP contribution in [0, 0.1) is 0 Å². The van der Waals surface area contributed by atoms with Gasteiger partial charge in [-0.1, -0.05) is 18.2 Å². The van der Waals surface area contributed by atoms with E-state index in [0.717, 1.165) is 5.56 Å². The zero-order chi connectivity index (χ0) is 19.4. The van der Waals surface area contributed by atoms with Gasteiger partial charge in [-0.3, -0.25) is 9.59 Å². The van der Waals surface area contributed by atoms with Gasteiger partial charge in [-0.25, -0.2) is 0 Å². The largest absolute Gasteiger partial charge is 0.493 e. The van der Waals surface area contributed by atoms with Gasteiger partial charge in [0.05, 0.1) is 26.9 Å². The zero-order valence-electron chi connectivity index (χ0n) is 15.3. The van der Waals surface area contributed by atoms with Gasteiger partial charge in [-0.05, 0) is 23.8 Å². The van der Waals surface area contributed by atoms with E-state index in [2.05, 4.69) is 10.3 Å². The van der Waals surface area contributed by atoms with Crippen LogP contribution in [0.3, 0.4) is 0 Å². The van der Waals surface area contributed by atoms with Gasteiger partial charge < -0.3 is 24.5 Å². The predicted molar refractivity (Wildman–Crippen MR) is 102 cm³/mol. The summed E-state index contributed by atoms with van der Waals surface area (Å²) >= 11 is 0. The van der Waals surface area contributed by atoms with E-state index in [-0.39, 0.29) is 18.0 Å². The lowest BCUT2D eigenvalue weighted by Gasteiger charge is -2.14. The molecule has 0 aliphatic rings. The first-order chi connectivity index (χ1) is 13.1. The summed E-state index contributed by atoms with van der Waals surface area (Å²) in [5.41, 5.74) is 1.38. The SMILES string of the molecule is COc1cc(CNC(=O)c2cc(=O)[nH]c3ccccc23)cc(OC)c1OC. The molecule has 3 aromatic rings. The monoisotopic (exact) mass is 368 g/mol. The number of hydrogen-bond donors (Lipinski definition) is 2. The minimum absolute atomic E-state index is 0.233. The molecule has 1 aromatic heterocycles. The summed E-state index contributed by atoms with van der Waals surface area (Å²) in [5, 5.41) is 3.51. The Bertz CT molecular complexity index is 1020. The number of fused-ring (bicyclic) bond motifs is 1. The van der Waals surface area contributed by atoms with Crippen molar-refractivity contribution in [1.29, 1.82) is 0 Å². The van der Waals surface area contributed by atoms with Gasteiger partial charge in [-0.15, -0.1) is 0 Å². The summed E-state index contributed by atoms with van der Waals surface area (Å²) in [6, 6.07) is 12.0. The number of H-pyrrole nitrogens is 1. The van der Waals surface area contributed by atoms with Crippen molar-refractivity contribution < 1.29 is 19.0 Å². The maximum absolute atomic E-state index is 12.7. The Balaban J connectivity index is 1.88. The Morgan fingerprint density at radius 2 is 1.67 bits per heavy atom. The lowest BCUT2D eigenvalue weighted by atomic mass is 10.1. The van der Waals surface area contributed by atoms with Crippen molar-refractivity contribution in [2.24, 2.45) is 0 Å². The molecule has 0 aliphatic heterocycles. The number of carbonyl (C=O) groups excluding carboxylic acids is 1. The number of pyridine rings is 1. The minimum atomic E-state index is -0.342. The van der Waals surface area contributed by atoms with E-state index in [1.54, 1.807) is 30.3 Å². The summed E-state index contributed by atoms with van der Waals surface area (Å²) in [6.07, 6.45) is 0. The van der Waals surface area contributed by atoms with E-state index in [0.29, 0.717) is 33.7 Å². The molecule has 0 fully saturated rings. The normalized spacial score (nSPS) is 10.5. The molecular weight excluding hydrogens is 348 g/mol. The van der Waals surface area contributed by atoms with Crippen LogP contribution in [0.2, 0.25) is 0 Å². The molecule has 0 aliphatic carbocycles. The highest BCUT2D eigenvalue weighted by Crippen LogP contribution is 2.38. The van der Waals surface area contributed by atoms with Crippen molar-refractivity contribution in [2.45, 2.75) is 6.54 Å². The highest BCUT2D eigenvalue weighted by molar-refractivity contribution is 6.05. The van der Waals surface area contributed by atoms with E-state index in [9.17, 15) is 9.59 Å². The molecule has 0 spiro atoms. The molecule has 7 heteroatoms. The van der Waals surface area contributed by atoms with E-state index in [1.807, 2.05) is 6.07 Å². The molecule has 3 rings (SSSR count). The summed E-state index contributed by atoms with van der Waals surface area (Å²) < 4.78 is 15.9. The van der Waals surface area contributed by atoms with Crippen molar-refractivity contribution in [1.82, 2.24) is 10.3 Å². The van der Waals surface area contributed by atoms with Crippen LogP contribution in [0.25, 0.3) is 10.9 Å². The number of nitrogens with one attached hydrogen (secondary N) is 2. The van der Waals surface area contributed by atoms with Gasteiger partial charge in [0.2, 0.25) is 11.3 Å². The van der Waals surface area contributed by atoms with Crippen LogP contribution in [0.5, 0.6) is 17.2 Å². The summed E-state index contributed by atoms with van der Waals surface area (Å²) in [5.74, 6) is 1.15. The number of hydrogen-bond acceptors (Lipinski definition) is 5. The molecule has 7 nitrogen and oxygen atoms in total. The van der Waals surface area contributed by atoms with E-state index >= 15 is 0 Å². The molecule has 0 radical (unpaired) electrons. The second-order valence-electron chi connectivity index (χ2n) is 5.81. The number of aromatic nitrogens is 1. The number of rotatable bonds is 6. The van der Waals surface area contributed by atoms with Gasteiger partial charge in [0.15, 0.2) is 11.5 Å². The maximum Gasteiger partial charge on any atom is 0.252 e. The number of para-hydroxylation sites is 1. The topological polar surface area (TPSA) is 89.7 Å². The molecule has 0 unspecified atom stereocenters. The minimum Gasteiger partial charge on any atom is -0.493 e. The number of aromatic amines is 1. The number of methoxy groups -OCH3 is 3. The molecule has 2 aromatic carbocycles. The molecule has 1 heterocycles. The standard InChI is InChI=1S/C20H20N2O5/c1-25-16-8-12(9-17(26-2)19(16)27-3)11-21-20(24)14-10-18(23)22-15-7-5-4-6-13(14)15/h4-10H,11H2,1-3H3,(H,21,24)(H,22,23). The van der Waals surface area contributed by atoms with Gasteiger partial charge in [0, 0.05) is 23.5 Å². The third-order valence-electron chi connectivity index (χ3n) is 4.17. The van der Waals surface area contributed by atoms with Gasteiger partial charge >= 0.3 is 0 Å². The van der Waals surface area contributed by atoms with Crippen LogP contribution < -0.4 is 25.1 Å². The van der Waals surface area contributed by atoms with Gasteiger partial charge in [0.25, 0.3) is 5.91 Å². The van der Waals surface area contributed by atoms with Crippen molar-refractivity contribution >= 4 is 16.8 Å². The fourth-order valence-electron chi connectivity index (χ4n) is 2.91. The maximum atomic E-state index is 12.7. The first kappa shape index (κ1) is 18.3. The van der Waals surface area contributed by atoms with Crippen LogP contribution in [-0.4, -0.2) is 32.2 Å². The van der Waals surface area contributed by atoms with Crippen molar-refractivity contribution in [3.63, 3.8) is 0 Å². The quantitative estimate of drug-likeness (QED) is 0.698. The predicted octanol–water partition coefficient (Wildman–Crippen LogP) is 2.48. The van der Waals surface area contributed by atoms with Crippen molar-refractivity contribution in [2.75, 3.05) is 21.3 Å². The highest BCUT2D eigenvalue weighted by atomic mass is 16.5. The van der Waals surface area contributed by atoms with E-state index < -0.39 is 0 Å². The summed E-state index contributed by atoms with van der Waals surface area (Å²) in [4.78, 5) is 27.2. The van der Waals surface area contributed by atoms with E-state index in [1.165, 1.54) is 27.4 Å². The smallest absolute Gasteiger partial charge is 0.252 e. The average Bonchev–Trinajstić information content (AvgIpc) is 2.70. The lowest BCUT2D eigenvalue weighted by Crippen LogP contribution is -2.24. The second kappa shape index (κ2) is 7.82. The molecule has 2 N–H and O–H groups in total. The average molecular weight is 368 g/mol. The van der Waals surface area contributed by atoms with Crippen LogP contribution in [-0.2, 0) is 6.54 Å².